The van der Waals surface area contributed by atoms with Gasteiger partial charge in [-0.15, -0.1) is 0 Å². The van der Waals surface area contributed by atoms with Crippen molar-refractivity contribution in [3.63, 3.8) is 0 Å². The number of aromatic nitrogens is 2. The minimum Gasteiger partial charge on any atom is -0.268 e. The van der Waals surface area contributed by atoms with E-state index in [4.69, 9.17) is 46.4 Å². The molecule has 4 aromatic rings. The molecule has 0 fully saturated rings. The van der Waals surface area contributed by atoms with E-state index in [0.29, 0.717) is 42.5 Å². The van der Waals surface area contributed by atoms with Gasteiger partial charge in [0.1, 0.15) is 5.82 Å². The number of halogens is 4. The highest BCUT2D eigenvalue weighted by Crippen LogP contribution is 2.26. The number of hydrogen-bond donors (Lipinski definition) is 0. The summed E-state index contributed by atoms with van der Waals surface area (Å²) in [5.74, 6) is 0.406. The average molecular weight is 462 g/mol. The average Bonchev–Trinajstić information content (AvgIpc) is 2.68. The summed E-state index contributed by atoms with van der Waals surface area (Å²) in [6.07, 6.45) is 3.49. The molecule has 0 unspecified atom stereocenters. The number of benzene rings is 3. The van der Waals surface area contributed by atoms with Crippen LogP contribution in [0.5, 0.6) is 0 Å². The molecule has 1 heterocycles. The topological polar surface area (TPSA) is 34.9 Å². The van der Waals surface area contributed by atoms with Crippen LogP contribution in [0.1, 0.15) is 11.4 Å². The third-order valence-corrected chi connectivity index (χ3v) is 5.43. The molecule has 0 saturated heterocycles. The Kier molecular flexibility index (Phi) is 5.66. The van der Waals surface area contributed by atoms with Gasteiger partial charge in [0.15, 0.2) is 0 Å². The molecule has 0 amide bonds. The quantitative estimate of drug-likeness (QED) is 0.324. The van der Waals surface area contributed by atoms with E-state index in [9.17, 15) is 4.79 Å². The van der Waals surface area contributed by atoms with Gasteiger partial charge in [-0.05, 0) is 60.2 Å². The zero-order valence-electron chi connectivity index (χ0n) is 14.7. The van der Waals surface area contributed by atoms with Gasteiger partial charge in [0.25, 0.3) is 5.56 Å². The Hall–Kier alpha value is -2.30. The molecule has 0 atom stereocenters. The molecule has 3 aromatic carbocycles. The van der Waals surface area contributed by atoms with E-state index >= 15 is 0 Å². The van der Waals surface area contributed by atoms with Crippen LogP contribution in [0, 0.1) is 0 Å². The Bertz CT molecular complexity index is 1330. The first-order valence-electron chi connectivity index (χ1n) is 8.54. The molecule has 0 aliphatic heterocycles. The summed E-state index contributed by atoms with van der Waals surface area (Å²) in [7, 11) is 0. The highest BCUT2D eigenvalue weighted by atomic mass is 35.5. The van der Waals surface area contributed by atoms with Crippen LogP contribution in [0.4, 0.5) is 0 Å². The Morgan fingerprint density at radius 1 is 0.793 bits per heavy atom. The minimum absolute atomic E-state index is 0.235. The Balaban J connectivity index is 1.97. The molecule has 0 aliphatic rings. The van der Waals surface area contributed by atoms with Crippen molar-refractivity contribution in [3.8, 4) is 5.69 Å². The lowest BCUT2D eigenvalue weighted by molar-refractivity contribution is 0.944. The number of para-hydroxylation sites is 1. The van der Waals surface area contributed by atoms with Crippen molar-refractivity contribution in [1.29, 1.82) is 0 Å². The maximum absolute atomic E-state index is 13.3. The Morgan fingerprint density at radius 3 is 2.21 bits per heavy atom. The fraction of sp³-hybridized carbons (Fsp3) is 0. The first-order chi connectivity index (χ1) is 13.9. The Morgan fingerprint density at radius 2 is 1.48 bits per heavy atom. The van der Waals surface area contributed by atoms with Gasteiger partial charge in [0, 0.05) is 15.1 Å². The summed E-state index contributed by atoms with van der Waals surface area (Å²) in [4.78, 5) is 17.9. The third-order valence-electron chi connectivity index (χ3n) is 4.33. The van der Waals surface area contributed by atoms with Crippen molar-refractivity contribution < 1.29 is 0 Å². The highest BCUT2D eigenvalue weighted by Gasteiger charge is 2.14. The lowest BCUT2D eigenvalue weighted by Gasteiger charge is -2.13. The smallest absolute Gasteiger partial charge is 0.266 e. The molecule has 3 nitrogen and oxygen atoms in total. The molecule has 0 bridgehead atoms. The maximum Gasteiger partial charge on any atom is 0.266 e. The summed E-state index contributed by atoms with van der Waals surface area (Å²) in [5.41, 5.74) is 1.58. The molecule has 0 saturated carbocycles. The molecule has 0 spiro atoms. The van der Waals surface area contributed by atoms with Gasteiger partial charge in [-0.25, -0.2) is 4.98 Å². The molecule has 29 heavy (non-hydrogen) atoms. The summed E-state index contributed by atoms with van der Waals surface area (Å²) in [6.45, 7) is 0. The normalized spacial score (nSPS) is 11.4. The van der Waals surface area contributed by atoms with E-state index in [-0.39, 0.29) is 5.56 Å². The standard InChI is InChI=1S/C22H12Cl4N2O/c23-14-7-5-13(17(25)11-14)6-10-21-27-19-4-2-1-3-16(19)22(29)28(21)20-9-8-15(24)12-18(20)26/h1-12H. The lowest BCUT2D eigenvalue weighted by Crippen LogP contribution is -2.22. The fourth-order valence-electron chi connectivity index (χ4n) is 2.96. The second-order valence-electron chi connectivity index (χ2n) is 6.22. The van der Waals surface area contributed by atoms with Crippen molar-refractivity contribution in [2.75, 3.05) is 0 Å². The van der Waals surface area contributed by atoms with Gasteiger partial charge >= 0.3 is 0 Å². The second kappa shape index (κ2) is 8.21. The van der Waals surface area contributed by atoms with Crippen LogP contribution in [-0.4, -0.2) is 9.55 Å². The molecule has 0 N–H and O–H groups in total. The van der Waals surface area contributed by atoms with E-state index in [1.807, 2.05) is 6.07 Å². The minimum atomic E-state index is -0.235. The van der Waals surface area contributed by atoms with E-state index in [1.54, 1.807) is 66.7 Å². The molecule has 4 rings (SSSR count). The molecule has 0 radical (unpaired) electrons. The van der Waals surface area contributed by atoms with E-state index in [0.717, 1.165) is 5.56 Å². The van der Waals surface area contributed by atoms with E-state index < -0.39 is 0 Å². The van der Waals surface area contributed by atoms with Crippen molar-refractivity contribution in [2.24, 2.45) is 0 Å². The van der Waals surface area contributed by atoms with E-state index in [2.05, 4.69) is 4.98 Å². The predicted octanol–water partition coefficient (Wildman–Crippen LogP) is 7.17. The van der Waals surface area contributed by atoms with Gasteiger partial charge < -0.3 is 0 Å². The van der Waals surface area contributed by atoms with E-state index in [1.165, 1.54) is 4.57 Å². The van der Waals surface area contributed by atoms with Gasteiger partial charge in [-0.1, -0.05) is 64.6 Å². The first-order valence-corrected chi connectivity index (χ1v) is 10.1. The molecule has 0 aliphatic carbocycles. The molecule has 1 aromatic heterocycles. The van der Waals surface area contributed by atoms with Gasteiger partial charge in [-0.2, -0.15) is 0 Å². The SMILES string of the molecule is O=c1c2ccccc2nc(C=Cc2ccc(Cl)cc2Cl)n1-c1ccc(Cl)cc1Cl. The highest BCUT2D eigenvalue weighted by molar-refractivity contribution is 6.36. The van der Waals surface area contributed by atoms with Crippen molar-refractivity contribution in [2.45, 2.75) is 0 Å². The number of nitrogens with zero attached hydrogens (tertiary/aromatic N) is 2. The van der Waals surface area contributed by atoms with Crippen LogP contribution >= 0.6 is 46.4 Å². The number of rotatable bonds is 3. The van der Waals surface area contributed by atoms with Gasteiger partial charge in [0.05, 0.1) is 21.6 Å². The molecule has 7 heteroatoms. The van der Waals surface area contributed by atoms with Crippen LogP contribution in [0.3, 0.4) is 0 Å². The van der Waals surface area contributed by atoms with Gasteiger partial charge in [0.2, 0.25) is 0 Å². The van der Waals surface area contributed by atoms with Crippen LogP contribution < -0.4 is 5.56 Å². The number of hydrogen-bond acceptors (Lipinski definition) is 2. The largest absolute Gasteiger partial charge is 0.268 e. The van der Waals surface area contributed by atoms with Gasteiger partial charge in [-0.3, -0.25) is 9.36 Å². The first kappa shape index (κ1) is 20.0. The Labute approximate surface area is 186 Å². The third kappa shape index (κ3) is 4.05. The number of fused-ring (bicyclic) bond motifs is 1. The zero-order chi connectivity index (χ0) is 20.5. The van der Waals surface area contributed by atoms with Crippen LogP contribution in [-0.2, 0) is 0 Å². The van der Waals surface area contributed by atoms with Crippen LogP contribution in [0.2, 0.25) is 20.1 Å². The zero-order valence-corrected chi connectivity index (χ0v) is 17.8. The van der Waals surface area contributed by atoms with Crippen molar-refractivity contribution >= 4 is 69.5 Å². The summed E-state index contributed by atoms with van der Waals surface area (Å²) in [6, 6.07) is 17.3. The second-order valence-corrected chi connectivity index (χ2v) is 7.91. The van der Waals surface area contributed by atoms with Crippen molar-refractivity contribution in [3.05, 3.63) is 102 Å². The van der Waals surface area contributed by atoms with Crippen LogP contribution in [0.15, 0.2) is 65.5 Å². The van der Waals surface area contributed by atoms with Crippen LogP contribution in [0.25, 0.3) is 28.7 Å². The summed E-state index contributed by atoms with van der Waals surface area (Å²) >= 11 is 24.6. The lowest BCUT2D eigenvalue weighted by atomic mass is 10.2. The monoisotopic (exact) mass is 460 g/mol. The molecule has 144 valence electrons. The fourth-order valence-corrected chi connectivity index (χ4v) is 3.92. The van der Waals surface area contributed by atoms with Crippen molar-refractivity contribution in [1.82, 2.24) is 9.55 Å². The molecular weight excluding hydrogens is 450 g/mol. The summed E-state index contributed by atoms with van der Waals surface area (Å²) in [5, 5.41) is 2.34. The predicted molar refractivity (Wildman–Crippen MR) is 123 cm³/mol. The summed E-state index contributed by atoms with van der Waals surface area (Å²) < 4.78 is 1.46. The molecular formula is C22H12Cl4N2O. The maximum atomic E-state index is 13.3.